The zero-order valence-corrected chi connectivity index (χ0v) is 12.9. The summed E-state index contributed by atoms with van der Waals surface area (Å²) < 4.78 is 13.4. The third kappa shape index (κ3) is 3.73. The molecule has 0 saturated carbocycles. The molecular formula is C15H21ClFN3O. The molecule has 3 rings (SSSR count). The topological polar surface area (TPSA) is 44.4 Å². The number of piperazine rings is 1. The molecule has 2 heterocycles. The number of carbonyl (C=O) groups is 1. The number of nitrogens with zero attached hydrogens (tertiary/aromatic N) is 1. The van der Waals surface area contributed by atoms with E-state index in [2.05, 4.69) is 15.5 Å². The number of likely N-dealkylation sites (tertiary alicyclic amines) is 1. The SMILES string of the molecule is Cc1c(F)cccc1NC(=O)CN1CC2CCC(C1)N2.Cl. The molecule has 1 aromatic rings. The Morgan fingerprint density at radius 2 is 2.05 bits per heavy atom. The van der Waals surface area contributed by atoms with Crippen LogP contribution in [0, 0.1) is 12.7 Å². The normalized spacial score (nSPS) is 24.5. The minimum absolute atomic E-state index is 0. The van der Waals surface area contributed by atoms with Crippen molar-refractivity contribution in [1.82, 2.24) is 10.2 Å². The fourth-order valence-electron chi connectivity index (χ4n) is 3.15. The van der Waals surface area contributed by atoms with Crippen LogP contribution in [0.25, 0.3) is 0 Å². The van der Waals surface area contributed by atoms with Crippen LogP contribution in [0.2, 0.25) is 0 Å². The van der Waals surface area contributed by atoms with Crippen LogP contribution in [0.3, 0.4) is 0 Å². The quantitative estimate of drug-likeness (QED) is 0.896. The molecule has 2 unspecified atom stereocenters. The van der Waals surface area contributed by atoms with Gasteiger partial charge in [0.25, 0.3) is 0 Å². The van der Waals surface area contributed by atoms with E-state index in [1.54, 1.807) is 19.1 Å². The van der Waals surface area contributed by atoms with E-state index in [4.69, 9.17) is 0 Å². The molecular weight excluding hydrogens is 293 g/mol. The molecule has 21 heavy (non-hydrogen) atoms. The second-order valence-corrected chi connectivity index (χ2v) is 5.79. The van der Waals surface area contributed by atoms with Crippen molar-refractivity contribution in [2.75, 3.05) is 25.0 Å². The summed E-state index contributed by atoms with van der Waals surface area (Å²) in [5.41, 5.74) is 1.05. The van der Waals surface area contributed by atoms with Crippen LogP contribution in [-0.2, 0) is 4.79 Å². The van der Waals surface area contributed by atoms with Crippen LogP contribution >= 0.6 is 12.4 Å². The summed E-state index contributed by atoms with van der Waals surface area (Å²) in [6.07, 6.45) is 2.40. The summed E-state index contributed by atoms with van der Waals surface area (Å²) in [5.74, 6) is -0.358. The lowest BCUT2D eigenvalue weighted by molar-refractivity contribution is -0.117. The first-order chi connectivity index (χ1) is 9.61. The largest absolute Gasteiger partial charge is 0.325 e. The predicted molar refractivity (Wildman–Crippen MR) is 83.4 cm³/mol. The highest BCUT2D eigenvalue weighted by atomic mass is 35.5. The molecule has 0 spiro atoms. The van der Waals surface area contributed by atoms with Crippen LogP contribution in [-0.4, -0.2) is 42.5 Å². The van der Waals surface area contributed by atoms with Gasteiger partial charge in [-0.25, -0.2) is 4.39 Å². The van der Waals surface area contributed by atoms with Crippen LogP contribution in [0.15, 0.2) is 18.2 Å². The van der Waals surface area contributed by atoms with Gasteiger partial charge in [-0.15, -0.1) is 12.4 Å². The van der Waals surface area contributed by atoms with E-state index in [-0.39, 0.29) is 24.1 Å². The number of benzene rings is 1. The van der Waals surface area contributed by atoms with Crippen molar-refractivity contribution in [2.45, 2.75) is 31.8 Å². The fourth-order valence-corrected chi connectivity index (χ4v) is 3.15. The van der Waals surface area contributed by atoms with E-state index in [0.29, 0.717) is 29.9 Å². The number of halogens is 2. The standard InChI is InChI=1S/C15H20FN3O.ClH/c1-10-13(16)3-2-4-14(10)18-15(20)9-19-7-11-5-6-12(8-19)17-11;/h2-4,11-12,17H,5-9H2,1H3,(H,18,20);1H. The van der Waals surface area contributed by atoms with Gasteiger partial charge in [0, 0.05) is 36.4 Å². The Bertz CT molecular complexity index is 514. The van der Waals surface area contributed by atoms with Crippen LogP contribution in [0.5, 0.6) is 0 Å². The molecule has 2 aliphatic rings. The van der Waals surface area contributed by atoms with Crippen molar-refractivity contribution in [3.8, 4) is 0 Å². The van der Waals surface area contributed by atoms with Crippen molar-refractivity contribution in [3.63, 3.8) is 0 Å². The van der Waals surface area contributed by atoms with Gasteiger partial charge in [0.15, 0.2) is 0 Å². The molecule has 2 bridgehead atoms. The summed E-state index contributed by atoms with van der Waals surface area (Å²) in [7, 11) is 0. The molecule has 4 nitrogen and oxygen atoms in total. The van der Waals surface area contributed by atoms with Gasteiger partial charge < -0.3 is 10.6 Å². The highest BCUT2D eigenvalue weighted by molar-refractivity contribution is 5.93. The molecule has 0 aliphatic carbocycles. The summed E-state index contributed by atoms with van der Waals surface area (Å²) in [6.45, 7) is 3.90. The second kappa shape index (κ2) is 6.73. The number of hydrogen-bond acceptors (Lipinski definition) is 3. The van der Waals surface area contributed by atoms with Crippen molar-refractivity contribution in [3.05, 3.63) is 29.6 Å². The Labute approximate surface area is 130 Å². The van der Waals surface area contributed by atoms with Crippen LogP contribution in [0.1, 0.15) is 18.4 Å². The first-order valence-electron chi connectivity index (χ1n) is 7.15. The summed E-state index contributed by atoms with van der Waals surface area (Å²) in [4.78, 5) is 14.3. The highest BCUT2D eigenvalue weighted by Crippen LogP contribution is 2.20. The van der Waals surface area contributed by atoms with Crippen LogP contribution in [0.4, 0.5) is 10.1 Å². The van der Waals surface area contributed by atoms with E-state index in [1.807, 2.05) is 0 Å². The Balaban J connectivity index is 0.00000161. The minimum atomic E-state index is -0.289. The summed E-state index contributed by atoms with van der Waals surface area (Å²) in [6, 6.07) is 5.80. The maximum absolute atomic E-state index is 13.4. The Morgan fingerprint density at radius 3 is 2.71 bits per heavy atom. The average Bonchev–Trinajstić information content (AvgIpc) is 2.74. The fraction of sp³-hybridized carbons (Fsp3) is 0.533. The van der Waals surface area contributed by atoms with E-state index < -0.39 is 0 Å². The highest BCUT2D eigenvalue weighted by Gasteiger charge is 2.32. The zero-order chi connectivity index (χ0) is 14.1. The first kappa shape index (κ1) is 16.2. The third-order valence-corrected chi connectivity index (χ3v) is 4.20. The molecule has 2 fully saturated rings. The van der Waals surface area contributed by atoms with Gasteiger partial charge in [-0.05, 0) is 31.9 Å². The summed E-state index contributed by atoms with van der Waals surface area (Å²) >= 11 is 0. The number of anilines is 1. The predicted octanol–water partition coefficient (Wildman–Crippen LogP) is 1.93. The molecule has 6 heteroatoms. The lowest BCUT2D eigenvalue weighted by Gasteiger charge is -2.32. The van der Waals surface area contributed by atoms with Gasteiger partial charge in [-0.3, -0.25) is 9.69 Å². The molecule has 0 aromatic heterocycles. The van der Waals surface area contributed by atoms with Gasteiger partial charge in [0.1, 0.15) is 5.82 Å². The molecule has 2 atom stereocenters. The molecule has 2 saturated heterocycles. The van der Waals surface area contributed by atoms with Gasteiger partial charge in [-0.1, -0.05) is 6.07 Å². The molecule has 2 aliphatic heterocycles. The monoisotopic (exact) mass is 313 g/mol. The minimum Gasteiger partial charge on any atom is -0.325 e. The van der Waals surface area contributed by atoms with Gasteiger partial charge in [0.2, 0.25) is 5.91 Å². The number of amides is 1. The smallest absolute Gasteiger partial charge is 0.238 e. The molecule has 1 amide bonds. The van der Waals surface area contributed by atoms with Crippen molar-refractivity contribution in [2.24, 2.45) is 0 Å². The first-order valence-corrected chi connectivity index (χ1v) is 7.15. The Morgan fingerprint density at radius 1 is 1.38 bits per heavy atom. The molecule has 0 radical (unpaired) electrons. The molecule has 2 N–H and O–H groups in total. The maximum Gasteiger partial charge on any atom is 0.238 e. The Hall–Kier alpha value is -1.17. The molecule has 1 aromatic carbocycles. The number of carbonyl (C=O) groups excluding carboxylic acids is 1. The van der Waals surface area contributed by atoms with Gasteiger partial charge in [-0.2, -0.15) is 0 Å². The van der Waals surface area contributed by atoms with E-state index in [1.165, 1.54) is 18.9 Å². The van der Waals surface area contributed by atoms with E-state index in [9.17, 15) is 9.18 Å². The number of nitrogens with one attached hydrogen (secondary N) is 2. The van der Waals surface area contributed by atoms with Crippen molar-refractivity contribution < 1.29 is 9.18 Å². The number of rotatable bonds is 3. The Kier molecular flexibility index (Phi) is 5.19. The van der Waals surface area contributed by atoms with Crippen molar-refractivity contribution in [1.29, 1.82) is 0 Å². The summed E-state index contributed by atoms with van der Waals surface area (Å²) in [5, 5.41) is 6.34. The van der Waals surface area contributed by atoms with Crippen LogP contribution < -0.4 is 10.6 Å². The second-order valence-electron chi connectivity index (χ2n) is 5.79. The molecule has 116 valence electrons. The maximum atomic E-state index is 13.4. The van der Waals surface area contributed by atoms with Crippen molar-refractivity contribution >= 4 is 24.0 Å². The lowest BCUT2D eigenvalue weighted by Crippen LogP contribution is -2.52. The van der Waals surface area contributed by atoms with Gasteiger partial charge >= 0.3 is 0 Å². The number of hydrogen-bond donors (Lipinski definition) is 2. The lowest BCUT2D eigenvalue weighted by atomic mass is 10.2. The number of fused-ring (bicyclic) bond motifs is 2. The van der Waals surface area contributed by atoms with E-state index >= 15 is 0 Å². The third-order valence-electron chi connectivity index (χ3n) is 4.20. The van der Waals surface area contributed by atoms with E-state index in [0.717, 1.165) is 13.1 Å². The zero-order valence-electron chi connectivity index (χ0n) is 12.1. The van der Waals surface area contributed by atoms with Gasteiger partial charge in [0.05, 0.1) is 6.54 Å². The average molecular weight is 314 g/mol.